The largest absolute Gasteiger partial charge is 0.394 e. The zero-order valence-corrected chi connectivity index (χ0v) is 9.28. The van der Waals surface area contributed by atoms with E-state index in [9.17, 15) is 9.50 Å². The van der Waals surface area contributed by atoms with E-state index in [2.05, 4.69) is 0 Å². The number of rotatable bonds is 5. The molecule has 0 bridgehead atoms. The van der Waals surface area contributed by atoms with Gasteiger partial charge in [0.1, 0.15) is 5.82 Å². The third-order valence-electron chi connectivity index (χ3n) is 2.69. The fourth-order valence-electron chi connectivity index (χ4n) is 1.82. The molecule has 1 aromatic rings. The van der Waals surface area contributed by atoms with Gasteiger partial charge in [0.05, 0.1) is 12.6 Å². The SMILES string of the molecule is CCN(CC)C(CO)c1ccccc1F. The first-order valence-corrected chi connectivity index (χ1v) is 5.33. The van der Waals surface area contributed by atoms with E-state index < -0.39 is 0 Å². The number of nitrogens with zero attached hydrogens (tertiary/aromatic N) is 1. The van der Waals surface area contributed by atoms with Gasteiger partial charge in [-0.15, -0.1) is 0 Å². The Kier molecular flexibility index (Phi) is 4.72. The van der Waals surface area contributed by atoms with E-state index in [1.807, 2.05) is 18.7 Å². The lowest BCUT2D eigenvalue weighted by molar-refractivity contribution is 0.131. The zero-order valence-electron chi connectivity index (χ0n) is 9.28. The average molecular weight is 211 g/mol. The zero-order chi connectivity index (χ0) is 11.3. The maximum Gasteiger partial charge on any atom is 0.128 e. The fraction of sp³-hybridized carbons (Fsp3) is 0.500. The summed E-state index contributed by atoms with van der Waals surface area (Å²) in [6, 6.07) is 6.39. The van der Waals surface area contributed by atoms with Crippen molar-refractivity contribution in [3.63, 3.8) is 0 Å². The Labute approximate surface area is 90.3 Å². The molecule has 84 valence electrons. The number of hydrogen-bond acceptors (Lipinski definition) is 2. The second-order valence-corrected chi connectivity index (χ2v) is 3.44. The van der Waals surface area contributed by atoms with Crippen molar-refractivity contribution in [1.29, 1.82) is 0 Å². The Bertz CT molecular complexity index is 299. The van der Waals surface area contributed by atoms with Gasteiger partial charge in [-0.25, -0.2) is 4.39 Å². The molecule has 0 aliphatic carbocycles. The minimum absolute atomic E-state index is 0.0530. The first-order chi connectivity index (χ1) is 7.24. The van der Waals surface area contributed by atoms with Gasteiger partial charge in [0.25, 0.3) is 0 Å². The quantitative estimate of drug-likeness (QED) is 0.807. The number of aliphatic hydroxyl groups is 1. The molecule has 1 rings (SSSR count). The molecule has 3 heteroatoms. The lowest BCUT2D eigenvalue weighted by Gasteiger charge is -2.28. The Morgan fingerprint density at radius 2 is 1.87 bits per heavy atom. The molecule has 1 N–H and O–H groups in total. The number of likely N-dealkylation sites (N-methyl/N-ethyl adjacent to an activating group) is 1. The van der Waals surface area contributed by atoms with E-state index in [4.69, 9.17) is 0 Å². The van der Waals surface area contributed by atoms with Gasteiger partial charge in [0, 0.05) is 5.56 Å². The molecule has 0 heterocycles. The standard InChI is InChI=1S/C12H18FNO/c1-3-14(4-2)12(9-15)10-7-5-6-8-11(10)13/h5-8,12,15H,3-4,9H2,1-2H3. The summed E-state index contributed by atoms with van der Waals surface area (Å²) in [5, 5.41) is 9.33. The molecule has 0 amide bonds. The highest BCUT2D eigenvalue weighted by Crippen LogP contribution is 2.22. The molecule has 0 radical (unpaired) electrons. The van der Waals surface area contributed by atoms with Crippen molar-refractivity contribution in [3.8, 4) is 0 Å². The van der Waals surface area contributed by atoms with Gasteiger partial charge < -0.3 is 5.11 Å². The summed E-state index contributed by atoms with van der Waals surface area (Å²) in [4.78, 5) is 2.04. The number of aliphatic hydroxyl groups excluding tert-OH is 1. The molecule has 0 saturated heterocycles. The van der Waals surface area contributed by atoms with Gasteiger partial charge in [-0.05, 0) is 19.2 Å². The summed E-state index contributed by atoms with van der Waals surface area (Å²) in [7, 11) is 0. The molecule has 0 aliphatic rings. The van der Waals surface area contributed by atoms with E-state index in [1.54, 1.807) is 18.2 Å². The van der Waals surface area contributed by atoms with E-state index in [0.29, 0.717) is 5.56 Å². The molecule has 0 fully saturated rings. The molecule has 0 aromatic heterocycles. The maximum atomic E-state index is 13.5. The summed E-state index contributed by atoms with van der Waals surface area (Å²) in [5.41, 5.74) is 0.573. The number of hydrogen-bond donors (Lipinski definition) is 1. The van der Waals surface area contributed by atoms with Crippen LogP contribution in [-0.4, -0.2) is 29.7 Å². The van der Waals surface area contributed by atoms with Crippen LogP contribution in [0.1, 0.15) is 25.5 Å². The molecule has 15 heavy (non-hydrogen) atoms. The number of halogens is 1. The maximum absolute atomic E-state index is 13.5. The second kappa shape index (κ2) is 5.83. The van der Waals surface area contributed by atoms with Crippen LogP contribution in [-0.2, 0) is 0 Å². The van der Waals surface area contributed by atoms with Crippen molar-refractivity contribution in [3.05, 3.63) is 35.6 Å². The fourth-order valence-corrected chi connectivity index (χ4v) is 1.82. The summed E-state index contributed by atoms with van der Waals surface area (Å²) >= 11 is 0. The van der Waals surface area contributed by atoms with Crippen molar-refractivity contribution in [2.45, 2.75) is 19.9 Å². The third-order valence-corrected chi connectivity index (χ3v) is 2.69. The van der Waals surface area contributed by atoms with Crippen LogP contribution < -0.4 is 0 Å². The Balaban J connectivity index is 2.96. The molecule has 1 atom stereocenters. The highest BCUT2D eigenvalue weighted by Gasteiger charge is 2.19. The second-order valence-electron chi connectivity index (χ2n) is 3.44. The minimum Gasteiger partial charge on any atom is -0.394 e. The Morgan fingerprint density at radius 1 is 1.27 bits per heavy atom. The Hall–Kier alpha value is -0.930. The molecule has 1 aromatic carbocycles. The summed E-state index contributed by atoms with van der Waals surface area (Å²) in [5.74, 6) is -0.247. The molecule has 0 aliphatic heterocycles. The van der Waals surface area contributed by atoms with Crippen LogP contribution >= 0.6 is 0 Å². The van der Waals surface area contributed by atoms with Crippen LogP contribution in [0, 0.1) is 5.82 Å². The molecule has 1 unspecified atom stereocenters. The van der Waals surface area contributed by atoms with Crippen LogP contribution in [0.25, 0.3) is 0 Å². The van der Waals surface area contributed by atoms with Gasteiger partial charge in [0.15, 0.2) is 0 Å². The van der Waals surface area contributed by atoms with Gasteiger partial charge in [-0.3, -0.25) is 4.90 Å². The van der Waals surface area contributed by atoms with E-state index in [-0.39, 0.29) is 18.5 Å². The van der Waals surface area contributed by atoms with Crippen molar-refractivity contribution in [1.82, 2.24) is 4.90 Å². The van der Waals surface area contributed by atoms with Gasteiger partial charge in [0.2, 0.25) is 0 Å². The molecule has 0 spiro atoms. The number of benzene rings is 1. The Morgan fingerprint density at radius 3 is 2.33 bits per heavy atom. The van der Waals surface area contributed by atoms with Gasteiger partial charge in [-0.1, -0.05) is 32.0 Å². The lowest BCUT2D eigenvalue weighted by Crippen LogP contribution is -2.31. The summed E-state index contributed by atoms with van der Waals surface area (Å²) in [6.07, 6.45) is 0. The predicted octanol–water partition coefficient (Wildman–Crippen LogP) is 2.20. The van der Waals surface area contributed by atoms with Crippen LogP contribution in [0.15, 0.2) is 24.3 Å². The summed E-state index contributed by atoms with van der Waals surface area (Å²) in [6.45, 7) is 5.56. The predicted molar refractivity (Wildman–Crippen MR) is 59.1 cm³/mol. The van der Waals surface area contributed by atoms with Crippen LogP contribution in [0.4, 0.5) is 4.39 Å². The van der Waals surface area contributed by atoms with Crippen molar-refractivity contribution in [2.75, 3.05) is 19.7 Å². The third kappa shape index (κ3) is 2.76. The minimum atomic E-state index is -0.247. The molecular formula is C12H18FNO. The summed E-state index contributed by atoms with van der Waals surface area (Å²) < 4.78 is 13.5. The van der Waals surface area contributed by atoms with E-state index in [1.165, 1.54) is 6.07 Å². The highest BCUT2D eigenvalue weighted by atomic mass is 19.1. The normalized spacial score (nSPS) is 13.1. The topological polar surface area (TPSA) is 23.5 Å². The van der Waals surface area contributed by atoms with Gasteiger partial charge >= 0.3 is 0 Å². The highest BCUT2D eigenvalue weighted by molar-refractivity contribution is 5.21. The molecular weight excluding hydrogens is 193 g/mol. The van der Waals surface area contributed by atoms with Crippen molar-refractivity contribution < 1.29 is 9.50 Å². The van der Waals surface area contributed by atoms with E-state index >= 15 is 0 Å². The van der Waals surface area contributed by atoms with Crippen LogP contribution in [0.3, 0.4) is 0 Å². The van der Waals surface area contributed by atoms with Crippen LogP contribution in [0.2, 0.25) is 0 Å². The first-order valence-electron chi connectivity index (χ1n) is 5.33. The van der Waals surface area contributed by atoms with Crippen molar-refractivity contribution in [2.24, 2.45) is 0 Å². The molecule has 2 nitrogen and oxygen atoms in total. The van der Waals surface area contributed by atoms with Gasteiger partial charge in [-0.2, -0.15) is 0 Å². The van der Waals surface area contributed by atoms with E-state index in [0.717, 1.165) is 13.1 Å². The smallest absolute Gasteiger partial charge is 0.128 e. The van der Waals surface area contributed by atoms with Crippen LogP contribution in [0.5, 0.6) is 0 Å². The first kappa shape index (κ1) is 12.1. The monoisotopic (exact) mass is 211 g/mol. The lowest BCUT2D eigenvalue weighted by atomic mass is 10.1. The molecule has 0 saturated carbocycles. The average Bonchev–Trinajstić information content (AvgIpc) is 2.27. The van der Waals surface area contributed by atoms with Crippen molar-refractivity contribution >= 4 is 0 Å².